The number of nitrogens with zero attached hydrogens (tertiary/aromatic N) is 1. The van der Waals surface area contributed by atoms with Crippen molar-refractivity contribution >= 4 is 34.8 Å². The van der Waals surface area contributed by atoms with Crippen LogP contribution in [0.2, 0.25) is 0 Å². The number of amides is 2. The Morgan fingerprint density at radius 2 is 1.71 bits per heavy atom. The van der Waals surface area contributed by atoms with Crippen molar-refractivity contribution in [2.45, 2.75) is 0 Å². The molecule has 9 nitrogen and oxygen atoms in total. The van der Waals surface area contributed by atoms with Gasteiger partial charge in [0.05, 0.1) is 10.5 Å². The van der Waals surface area contributed by atoms with Crippen LogP contribution in [0.4, 0.5) is 5.69 Å². The van der Waals surface area contributed by atoms with Gasteiger partial charge in [-0.1, -0.05) is 36.9 Å². The first-order chi connectivity index (χ1) is 13.4. The van der Waals surface area contributed by atoms with Gasteiger partial charge in [0.15, 0.2) is 5.11 Å². The average Bonchev–Trinajstić information content (AvgIpc) is 2.70. The molecule has 10 heteroatoms. The molecule has 144 valence electrons. The quantitative estimate of drug-likeness (QED) is 0.294. The van der Waals surface area contributed by atoms with Crippen LogP contribution < -0.4 is 20.9 Å². The third-order valence-electron chi connectivity index (χ3n) is 3.35. The Morgan fingerprint density at radius 1 is 1.07 bits per heavy atom. The minimum absolute atomic E-state index is 0.161. The molecule has 0 spiro atoms. The second-order valence-electron chi connectivity index (χ2n) is 5.23. The molecule has 2 amide bonds. The van der Waals surface area contributed by atoms with Gasteiger partial charge in [-0.3, -0.25) is 35.9 Å². The second kappa shape index (κ2) is 9.78. The van der Waals surface area contributed by atoms with Crippen molar-refractivity contribution in [1.82, 2.24) is 16.2 Å². The molecular weight excluding hydrogens is 384 g/mol. The monoisotopic (exact) mass is 400 g/mol. The van der Waals surface area contributed by atoms with Crippen molar-refractivity contribution in [1.29, 1.82) is 0 Å². The molecule has 0 saturated carbocycles. The van der Waals surface area contributed by atoms with Crippen molar-refractivity contribution in [3.8, 4) is 5.75 Å². The van der Waals surface area contributed by atoms with Crippen LogP contribution in [0.1, 0.15) is 20.7 Å². The zero-order valence-corrected chi connectivity index (χ0v) is 15.3. The molecule has 0 fully saturated rings. The number of nitro groups is 1. The van der Waals surface area contributed by atoms with Crippen LogP contribution in [0.5, 0.6) is 5.75 Å². The van der Waals surface area contributed by atoms with E-state index in [2.05, 4.69) is 22.7 Å². The van der Waals surface area contributed by atoms with Crippen LogP contribution in [-0.4, -0.2) is 28.5 Å². The van der Waals surface area contributed by atoms with Gasteiger partial charge >= 0.3 is 0 Å². The normalized spacial score (nSPS) is 9.71. The minimum Gasteiger partial charge on any atom is -0.489 e. The number of nitro benzene ring substituents is 1. The lowest BCUT2D eigenvalue weighted by Gasteiger charge is -2.13. The van der Waals surface area contributed by atoms with E-state index in [4.69, 9.17) is 17.0 Å². The Labute approximate surface area is 165 Å². The zero-order chi connectivity index (χ0) is 20.5. The van der Waals surface area contributed by atoms with E-state index in [-0.39, 0.29) is 28.5 Å². The maximum atomic E-state index is 12.3. The fraction of sp³-hybridized carbons (Fsp3) is 0.0556. The number of thiocarbonyl (C=S) groups is 1. The summed E-state index contributed by atoms with van der Waals surface area (Å²) >= 11 is 4.94. The summed E-state index contributed by atoms with van der Waals surface area (Å²) in [6.45, 7) is 3.77. The first kappa shape index (κ1) is 20.5. The van der Waals surface area contributed by atoms with E-state index < -0.39 is 16.7 Å². The van der Waals surface area contributed by atoms with Gasteiger partial charge in [0, 0.05) is 6.07 Å². The number of nitrogens with one attached hydrogen (secondary N) is 3. The summed E-state index contributed by atoms with van der Waals surface area (Å²) in [5.74, 6) is -0.993. The van der Waals surface area contributed by atoms with E-state index in [0.717, 1.165) is 0 Å². The standard InChI is InChI=1S/C18H16N4O5S/c1-2-11-27-15-10-6-4-8-13(15)17(24)20-21-18(28)19-16(23)12-7-3-5-9-14(12)22(25)26/h2-10H,1,11H2,(H,20,24)(H2,19,21,23,28). The fourth-order valence-electron chi connectivity index (χ4n) is 2.14. The van der Waals surface area contributed by atoms with Crippen LogP contribution in [0, 0.1) is 10.1 Å². The van der Waals surface area contributed by atoms with E-state index in [0.29, 0.717) is 5.75 Å². The number of carbonyl (C=O) groups excluding carboxylic acids is 2. The van der Waals surface area contributed by atoms with Gasteiger partial charge in [0.2, 0.25) is 0 Å². The molecule has 0 unspecified atom stereocenters. The summed E-state index contributed by atoms with van der Waals surface area (Å²) in [7, 11) is 0. The SMILES string of the molecule is C=CCOc1ccccc1C(=O)NNC(=S)NC(=O)c1ccccc1[N+](=O)[O-]. The van der Waals surface area contributed by atoms with Crippen molar-refractivity contribution in [2.24, 2.45) is 0 Å². The summed E-state index contributed by atoms with van der Waals surface area (Å²) in [6.07, 6.45) is 1.54. The van der Waals surface area contributed by atoms with E-state index >= 15 is 0 Å². The summed E-state index contributed by atoms with van der Waals surface area (Å²) in [5, 5.41) is 13.0. The summed E-state index contributed by atoms with van der Waals surface area (Å²) in [6, 6.07) is 12.0. The number of carbonyl (C=O) groups is 2. The van der Waals surface area contributed by atoms with Gasteiger partial charge < -0.3 is 4.74 Å². The number of benzene rings is 2. The highest BCUT2D eigenvalue weighted by molar-refractivity contribution is 7.80. The smallest absolute Gasteiger partial charge is 0.282 e. The van der Waals surface area contributed by atoms with Crippen LogP contribution in [0.15, 0.2) is 61.2 Å². The first-order valence-corrected chi connectivity index (χ1v) is 8.32. The average molecular weight is 400 g/mol. The molecule has 0 aromatic heterocycles. The molecule has 28 heavy (non-hydrogen) atoms. The predicted octanol–water partition coefficient (Wildman–Crippen LogP) is 2.11. The van der Waals surface area contributed by atoms with Crippen molar-refractivity contribution in [3.63, 3.8) is 0 Å². The molecule has 0 bridgehead atoms. The summed E-state index contributed by atoms with van der Waals surface area (Å²) in [4.78, 5) is 34.8. The number of hydrogen-bond donors (Lipinski definition) is 3. The Hall–Kier alpha value is -3.79. The van der Waals surface area contributed by atoms with Crippen molar-refractivity contribution < 1.29 is 19.2 Å². The van der Waals surface area contributed by atoms with Crippen LogP contribution in [0.25, 0.3) is 0 Å². The lowest BCUT2D eigenvalue weighted by molar-refractivity contribution is -0.385. The Bertz CT molecular complexity index is 932. The highest BCUT2D eigenvalue weighted by Gasteiger charge is 2.20. The van der Waals surface area contributed by atoms with Gasteiger partial charge in [-0.25, -0.2) is 0 Å². The Balaban J connectivity index is 1.98. The molecule has 2 aromatic rings. The van der Waals surface area contributed by atoms with Gasteiger partial charge in [-0.2, -0.15) is 0 Å². The fourth-order valence-corrected chi connectivity index (χ4v) is 2.28. The number of hydrazine groups is 1. The highest BCUT2D eigenvalue weighted by Crippen LogP contribution is 2.18. The first-order valence-electron chi connectivity index (χ1n) is 7.92. The Morgan fingerprint density at radius 3 is 2.39 bits per heavy atom. The number of hydrogen-bond acceptors (Lipinski definition) is 6. The largest absolute Gasteiger partial charge is 0.489 e. The molecule has 0 heterocycles. The molecule has 0 aliphatic carbocycles. The highest BCUT2D eigenvalue weighted by atomic mass is 32.1. The van der Waals surface area contributed by atoms with Crippen LogP contribution >= 0.6 is 12.2 Å². The maximum absolute atomic E-state index is 12.3. The lowest BCUT2D eigenvalue weighted by Crippen LogP contribution is -2.48. The number of ether oxygens (including phenoxy) is 1. The molecule has 3 N–H and O–H groups in total. The van der Waals surface area contributed by atoms with E-state index in [1.165, 1.54) is 24.3 Å². The van der Waals surface area contributed by atoms with Crippen LogP contribution in [-0.2, 0) is 0 Å². The van der Waals surface area contributed by atoms with Crippen molar-refractivity contribution in [3.05, 3.63) is 82.4 Å². The number of rotatable bonds is 6. The molecule has 0 saturated heterocycles. The zero-order valence-electron chi connectivity index (χ0n) is 14.5. The third-order valence-corrected chi connectivity index (χ3v) is 3.55. The van der Waals surface area contributed by atoms with Gasteiger partial charge in [-0.05, 0) is 30.4 Å². The molecular formula is C18H16N4O5S. The molecule has 0 aliphatic heterocycles. The lowest BCUT2D eigenvalue weighted by atomic mass is 10.1. The van der Waals surface area contributed by atoms with Gasteiger partial charge in [0.1, 0.15) is 17.9 Å². The number of para-hydroxylation sites is 2. The second-order valence-corrected chi connectivity index (χ2v) is 5.64. The van der Waals surface area contributed by atoms with Crippen LogP contribution in [0.3, 0.4) is 0 Å². The van der Waals surface area contributed by atoms with E-state index in [1.807, 2.05) is 0 Å². The molecule has 0 aliphatic rings. The van der Waals surface area contributed by atoms with E-state index in [9.17, 15) is 19.7 Å². The summed E-state index contributed by atoms with van der Waals surface area (Å²) in [5.41, 5.74) is 4.41. The van der Waals surface area contributed by atoms with Gasteiger partial charge in [-0.15, -0.1) is 0 Å². The molecule has 2 aromatic carbocycles. The Kier molecular flexibility index (Phi) is 7.17. The van der Waals surface area contributed by atoms with Gasteiger partial charge in [0.25, 0.3) is 17.5 Å². The maximum Gasteiger partial charge on any atom is 0.282 e. The third kappa shape index (κ3) is 5.35. The molecule has 2 rings (SSSR count). The van der Waals surface area contributed by atoms with Crippen molar-refractivity contribution in [2.75, 3.05) is 6.61 Å². The molecule has 0 radical (unpaired) electrons. The topological polar surface area (TPSA) is 123 Å². The summed E-state index contributed by atoms with van der Waals surface area (Å²) < 4.78 is 5.40. The minimum atomic E-state index is -0.784. The van der Waals surface area contributed by atoms with E-state index in [1.54, 1.807) is 30.3 Å². The predicted molar refractivity (Wildman–Crippen MR) is 106 cm³/mol. The molecule has 0 atom stereocenters.